The van der Waals surface area contributed by atoms with E-state index in [-0.39, 0.29) is 23.3 Å². The van der Waals surface area contributed by atoms with Crippen LogP contribution in [0.5, 0.6) is 5.88 Å². The van der Waals surface area contributed by atoms with Crippen LogP contribution < -0.4 is 4.74 Å². The molecule has 4 aromatic rings. The van der Waals surface area contributed by atoms with Crippen LogP contribution in [0.25, 0.3) is 22.5 Å². The van der Waals surface area contributed by atoms with Gasteiger partial charge in [0.25, 0.3) is 0 Å². The van der Waals surface area contributed by atoms with Gasteiger partial charge in [0.15, 0.2) is 21.9 Å². The number of hydrogen-bond donors (Lipinski definition) is 0. The Bertz CT molecular complexity index is 1680. The molecule has 0 amide bonds. The van der Waals surface area contributed by atoms with E-state index in [4.69, 9.17) is 14.2 Å². The fourth-order valence-corrected chi connectivity index (χ4v) is 7.94. The molecule has 11 heteroatoms. The summed E-state index contributed by atoms with van der Waals surface area (Å²) in [6.45, 7) is 7.27. The lowest BCUT2D eigenvalue weighted by molar-refractivity contribution is -0.140. The summed E-state index contributed by atoms with van der Waals surface area (Å²) in [6, 6.07) is 19.0. The first-order valence-corrected chi connectivity index (χ1v) is 17.5. The van der Waals surface area contributed by atoms with Gasteiger partial charge in [0.1, 0.15) is 22.3 Å². The van der Waals surface area contributed by atoms with Crippen LogP contribution in [0.3, 0.4) is 0 Å². The number of carbonyl (C=O) groups excluding carboxylic acids is 2. The monoisotopic (exact) mass is 652 g/mol. The van der Waals surface area contributed by atoms with Crippen LogP contribution in [-0.4, -0.2) is 62.9 Å². The number of aldehydes is 1. The van der Waals surface area contributed by atoms with Crippen molar-refractivity contribution >= 4 is 33.4 Å². The minimum Gasteiger partial charge on any atom is -0.474 e. The van der Waals surface area contributed by atoms with Gasteiger partial charge in [0.2, 0.25) is 5.88 Å². The molecule has 9 nitrogen and oxygen atoms in total. The molecule has 0 aliphatic rings. The standard InChI is InChI=1S/C34H40N2O7S2/c1-5-6-16-42-31(38)23-45(39,40)34-29(20-28(44-34)19-24(2)3)26-14-12-25(13-15-26)21-36-30(22-37)33(43-18-17-41-4)35-32(36)27-10-8-7-9-11-27/h7-15,20,22,24H,5-6,16-19,21,23H2,1-4H3. The Morgan fingerprint density at radius 1 is 1.02 bits per heavy atom. The molecule has 0 aliphatic heterocycles. The predicted molar refractivity (Wildman–Crippen MR) is 176 cm³/mol. The van der Waals surface area contributed by atoms with E-state index in [2.05, 4.69) is 18.8 Å². The molecule has 0 saturated carbocycles. The number of sulfone groups is 1. The van der Waals surface area contributed by atoms with Crippen molar-refractivity contribution in [3.63, 3.8) is 0 Å². The molecule has 0 bridgehead atoms. The molecule has 0 atom stereocenters. The number of aromatic nitrogens is 2. The van der Waals surface area contributed by atoms with Gasteiger partial charge in [-0.1, -0.05) is 81.8 Å². The number of methoxy groups -OCH3 is 1. The van der Waals surface area contributed by atoms with Gasteiger partial charge in [0.05, 0.1) is 13.2 Å². The summed E-state index contributed by atoms with van der Waals surface area (Å²) in [5.41, 5.74) is 3.30. The van der Waals surface area contributed by atoms with Crippen molar-refractivity contribution in [1.82, 2.24) is 9.55 Å². The summed E-state index contributed by atoms with van der Waals surface area (Å²) in [4.78, 5) is 30.2. The summed E-state index contributed by atoms with van der Waals surface area (Å²) in [7, 11) is -2.36. The predicted octanol–water partition coefficient (Wildman–Crippen LogP) is 6.48. The zero-order valence-electron chi connectivity index (χ0n) is 26.2. The van der Waals surface area contributed by atoms with Crippen molar-refractivity contribution in [1.29, 1.82) is 0 Å². The fourth-order valence-electron chi connectivity index (χ4n) is 4.78. The zero-order valence-corrected chi connectivity index (χ0v) is 27.8. The first-order chi connectivity index (χ1) is 21.7. The largest absolute Gasteiger partial charge is 0.474 e. The molecule has 0 fully saturated rings. The van der Waals surface area contributed by atoms with E-state index in [9.17, 15) is 18.0 Å². The van der Waals surface area contributed by atoms with Crippen molar-refractivity contribution in [2.45, 2.75) is 50.8 Å². The van der Waals surface area contributed by atoms with Crippen LogP contribution in [0.15, 0.2) is 64.9 Å². The van der Waals surface area contributed by atoms with Crippen molar-refractivity contribution in [2.75, 3.05) is 32.7 Å². The Hall–Kier alpha value is -3.80. The molecule has 0 aliphatic carbocycles. The van der Waals surface area contributed by atoms with Gasteiger partial charge in [-0.25, -0.2) is 8.42 Å². The second kappa shape index (κ2) is 16.0. The number of thiophene rings is 1. The van der Waals surface area contributed by atoms with Gasteiger partial charge >= 0.3 is 5.97 Å². The maximum absolute atomic E-state index is 13.5. The highest BCUT2D eigenvalue weighted by Crippen LogP contribution is 2.37. The number of benzene rings is 2. The van der Waals surface area contributed by atoms with E-state index in [1.165, 1.54) is 11.3 Å². The number of nitrogens with zero attached hydrogens (tertiary/aromatic N) is 2. The van der Waals surface area contributed by atoms with Crippen molar-refractivity contribution in [3.8, 4) is 28.4 Å². The van der Waals surface area contributed by atoms with E-state index in [1.807, 2.05) is 72.2 Å². The molecule has 0 radical (unpaired) electrons. The molecule has 2 aromatic heterocycles. The lowest BCUT2D eigenvalue weighted by Crippen LogP contribution is -2.19. The summed E-state index contributed by atoms with van der Waals surface area (Å²) in [5, 5.41) is 0. The lowest BCUT2D eigenvalue weighted by atomic mass is 10.0. The highest BCUT2D eigenvalue weighted by Gasteiger charge is 2.27. The minimum absolute atomic E-state index is 0.167. The number of ether oxygens (including phenoxy) is 3. The number of esters is 1. The SMILES string of the molecule is CCCCOC(=O)CS(=O)(=O)c1sc(CC(C)C)cc1-c1ccc(Cn2c(-c3ccccc3)nc(OCCOC)c2C=O)cc1. The van der Waals surface area contributed by atoms with Gasteiger partial charge < -0.3 is 18.8 Å². The Morgan fingerprint density at radius 3 is 2.40 bits per heavy atom. The molecule has 0 N–H and O–H groups in total. The van der Waals surface area contributed by atoms with Crippen LogP contribution in [0.2, 0.25) is 0 Å². The Morgan fingerprint density at radius 2 is 1.76 bits per heavy atom. The van der Waals surface area contributed by atoms with Crippen LogP contribution in [0.1, 0.15) is 54.5 Å². The number of carbonyl (C=O) groups is 2. The van der Waals surface area contributed by atoms with Gasteiger partial charge in [-0.3, -0.25) is 9.59 Å². The summed E-state index contributed by atoms with van der Waals surface area (Å²) >= 11 is 1.21. The Balaban J connectivity index is 1.66. The van der Waals surface area contributed by atoms with Crippen LogP contribution >= 0.6 is 11.3 Å². The third kappa shape index (κ3) is 8.90. The fraction of sp³-hybridized carbons (Fsp3) is 0.382. The number of imidazole rings is 1. The van der Waals surface area contributed by atoms with Crippen molar-refractivity contribution in [2.24, 2.45) is 5.92 Å². The molecule has 0 spiro atoms. The maximum Gasteiger partial charge on any atom is 0.321 e. The van der Waals surface area contributed by atoms with Gasteiger partial charge in [0, 0.05) is 29.7 Å². The maximum atomic E-state index is 13.5. The Kier molecular flexibility index (Phi) is 12.1. The molecular weight excluding hydrogens is 613 g/mol. The second-order valence-corrected chi connectivity index (χ2v) is 14.4. The summed E-state index contributed by atoms with van der Waals surface area (Å²) in [6.07, 6.45) is 2.99. The van der Waals surface area contributed by atoms with E-state index < -0.39 is 21.6 Å². The first kappa shape index (κ1) is 34.1. The quantitative estimate of drug-likeness (QED) is 0.0724. The smallest absolute Gasteiger partial charge is 0.321 e. The van der Waals surface area contributed by atoms with Crippen LogP contribution in [-0.2, 0) is 37.1 Å². The normalized spacial score (nSPS) is 11.6. The third-order valence-corrected chi connectivity index (χ3v) is 10.3. The van der Waals surface area contributed by atoms with Crippen LogP contribution in [0.4, 0.5) is 0 Å². The van der Waals surface area contributed by atoms with E-state index in [0.29, 0.717) is 42.6 Å². The average molecular weight is 653 g/mol. The second-order valence-electron chi connectivity index (χ2n) is 11.1. The Labute approximate surface area is 269 Å². The molecule has 2 heterocycles. The number of unbranched alkanes of at least 4 members (excludes halogenated alkanes) is 1. The summed E-state index contributed by atoms with van der Waals surface area (Å²) in [5.74, 6) is -0.288. The van der Waals surface area contributed by atoms with Gasteiger partial charge in [-0.05, 0) is 36.0 Å². The van der Waals surface area contributed by atoms with Gasteiger partial charge in [-0.15, -0.1) is 11.3 Å². The molecule has 2 aromatic carbocycles. The van der Waals surface area contributed by atoms with Crippen LogP contribution in [0, 0.1) is 5.92 Å². The summed E-state index contributed by atoms with van der Waals surface area (Å²) < 4.78 is 44.9. The molecule has 0 saturated heterocycles. The third-order valence-electron chi connectivity index (χ3n) is 6.96. The van der Waals surface area contributed by atoms with Crippen molar-refractivity contribution in [3.05, 3.63) is 76.8 Å². The minimum atomic E-state index is -3.93. The average Bonchev–Trinajstić information content (AvgIpc) is 3.59. The number of hydrogen-bond acceptors (Lipinski definition) is 9. The highest BCUT2D eigenvalue weighted by molar-refractivity contribution is 7.94. The molecule has 0 unspecified atom stereocenters. The molecule has 45 heavy (non-hydrogen) atoms. The topological polar surface area (TPSA) is 114 Å². The first-order valence-electron chi connectivity index (χ1n) is 15.0. The molecular formula is C34H40N2O7S2. The molecule has 240 valence electrons. The zero-order chi connectivity index (χ0) is 32.4. The molecule has 4 rings (SSSR count). The van der Waals surface area contributed by atoms with Crippen molar-refractivity contribution < 1.29 is 32.2 Å². The van der Waals surface area contributed by atoms with Gasteiger partial charge in [-0.2, -0.15) is 4.98 Å². The van der Waals surface area contributed by atoms with E-state index >= 15 is 0 Å². The number of rotatable bonds is 17. The lowest BCUT2D eigenvalue weighted by Gasteiger charge is -2.11. The van der Waals surface area contributed by atoms with E-state index in [0.717, 1.165) is 40.7 Å². The highest BCUT2D eigenvalue weighted by atomic mass is 32.2. The van der Waals surface area contributed by atoms with E-state index in [1.54, 1.807) is 7.11 Å².